The van der Waals surface area contributed by atoms with E-state index < -0.39 is 11.5 Å². The van der Waals surface area contributed by atoms with E-state index in [1.54, 1.807) is 14.0 Å². The van der Waals surface area contributed by atoms with Gasteiger partial charge in [0.05, 0.1) is 0 Å². The fourth-order valence-corrected chi connectivity index (χ4v) is 2.05. The minimum atomic E-state index is -0.783. The van der Waals surface area contributed by atoms with E-state index in [9.17, 15) is 4.79 Å². The topological polar surface area (TPSA) is 52.6 Å². The molecule has 0 aromatic heterocycles. The van der Waals surface area contributed by atoms with Crippen molar-refractivity contribution in [3.63, 3.8) is 0 Å². The molecule has 18 heavy (non-hydrogen) atoms. The maximum atomic E-state index is 11.1. The molecule has 2 N–H and O–H groups in total. The van der Waals surface area contributed by atoms with Gasteiger partial charge in [0.1, 0.15) is 5.54 Å². The van der Waals surface area contributed by atoms with E-state index in [-0.39, 0.29) is 0 Å². The third-order valence-corrected chi connectivity index (χ3v) is 3.50. The van der Waals surface area contributed by atoms with Crippen LogP contribution in [0.3, 0.4) is 0 Å². The van der Waals surface area contributed by atoms with Gasteiger partial charge < -0.3 is 15.3 Å². The molecule has 0 heterocycles. The van der Waals surface area contributed by atoms with Crippen molar-refractivity contribution in [3.05, 3.63) is 0 Å². The van der Waals surface area contributed by atoms with Gasteiger partial charge in [-0.05, 0) is 52.2 Å². The molecule has 0 saturated heterocycles. The van der Waals surface area contributed by atoms with E-state index in [0.717, 1.165) is 32.5 Å². The van der Waals surface area contributed by atoms with E-state index in [4.69, 9.17) is 5.11 Å². The molecule has 108 valence electrons. The second-order valence-electron chi connectivity index (χ2n) is 5.63. The number of carboxylic acids is 1. The molecule has 0 radical (unpaired) electrons. The number of nitrogens with zero attached hydrogens (tertiary/aromatic N) is 1. The predicted octanol–water partition coefficient (Wildman–Crippen LogP) is 2.20. The summed E-state index contributed by atoms with van der Waals surface area (Å²) in [5, 5.41) is 12.0. The molecule has 0 saturated carbocycles. The molecular weight excluding hydrogens is 228 g/mol. The van der Waals surface area contributed by atoms with Crippen LogP contribution < -0.4 is 5.32 Å². The standard InChI is InChI=1S/C14H30N2O2/c1-6-16(11-12(2)3)10-8-7-9-14(4,15-5)13(17)18/h12,15H,6-11H2,1-5H3,(H,17,18). The number of aliphatic carboxylic acids is 1. The Morgan fingerprint density at radius 3 is 2.39 bits per heavy atom. The van der Waals surface area contributed by atoms with E-state index in [1.165, 1.54) is 0 Å². The molecule has 4 heteroatoms. The van der Waals surface area contributed by atoms with Crippen molar-refractivity contribution in [1.29, 1.82) is 0 Å². The van der Waals surface area contributed by atoms with Crippen LogP contribution in [0.1, 0.15) is 47.0 Å². The Hall–Kier alpha value is -0.610. The number of hydrogen-bond acceptors (Lipinski definition) is 3. The minimum absolute atomic E-state index is 0.679. The van der Waals surface area contributed by atoms with Crippen molar-refractivity contribution < 1.29 is 9.90 Å². The Morgan fingerprint density at radius 2 is 2.00 bits per heavy atom. The summed E-state index contributed by atoms with van der Waals surface area (Å²) in [4.78, 5) is 13.5. The Labute approximate surface area is 112 Å². The molecule has 0 aliphatic heterocycles. The van der Waals surface area contributed by atoms with Gasteiger partial charge in [0, 0.05) is 6.54 Å². The largest absolute Gasteiger partial charge is 0.480 e. The van der Waals surface area contributed by atoms with Crippen LogP contribution in [0, 0.1) is 5.92 Å². The first-order chi connectivity index (χ1) is 8.35. The fourth-order valence-electron chi connectivity index (χ4n) is 2.05. The number of hydrogen-bond donors (Lipinski definition) is 2. The van der Waals surface area contributed by atoms with E-state index in [2.05, 4.69) is 31.0 Å². The summed E-state index contributed by atoms with van der Waals surface area (Å²) in [6.07, 6.45) is 2.68. The summed E-state index contributed by atoms with van der Waals surface area (Å²) in [5.74, 6) is -0.0777. The first-order valence-electron chi connectivity index (χ1n) is 7.00. The molecule has 0 fully saturated rings. The van der Waals surface area contributed by atoms with Crippen molar-refractivity contribution in [2.24, 2.45) is 5.92 Å². The molecule has 0 rings (SSSR count). The number of likely N-dealkylation sites (N-methyl/N-ethyl adjacent to an activating group) is 1. The summed E-state index contributed by atoms with van der Waals surface area (Å²) < 4.78 is 0. The lowest BCUT2D eigenvalue weighted by Crippen LogP contribution is -2.47. The molecule has 4 nitrogen and oxygen atoms in total. The number of carboxylic acid groups (broad SMARTS) is 1. The zero-order valence-electron chi connectivity index (χ0n) is 12.6. The monoisotopic (exact) mass is 258 g/mol. The Bertz CT molecular complexity index is 244. The molecule has 0 bridgehead atoms. The Morgan fingerprint density at radius 1 is 1.39 bits per heavy atom. The van der Waals surface area contributed by atoms with Gasteiger partial charge in [-0.2, -0.15) is 0 Å². The molecule has 0 amide bonds. The van der Waals surface area contributed by atoms with Crippen LogP contribution in [0.2, 0.25) is 0 Å². The SMILES string of the molecule is CCN(CCCCC(C)(NC)C(=O)O)CC(C)C. The quantitative estimate of drug-likeness (QED) is 0.590. The third kappa shape index (κ3) is 6.36. The molecule has 1 unspecified atom stereocenters. The zero-order valence-corrected chi connectivity index (χ0v) is 12.6. The second-order valence-corrected chi connectivity index (χ2v) is 5.63. The predicted molar refractivity (Wildman–Crippen MR) is 75.9 cm³/mol. The first-order valence-corrected chi connectivity index (χ1v) is 7.00. The van der Waals surface area contributed by atoms with Gasteiger partial charge in [0.25, 0.3) is 0 Å². The zero-order chi connectivity index (χ0) is 14.2. The van der Waals surface area contributed by atoms with Crippen LogP contribution in [0.4, 0.5) is 0 Å². The molecular formula is C14H30N2O2. The fraction of sp³-hybridized carbons (Fsp3) is 0.929. The van der Waals surface area contributed by atoms with E-state index in [1.807, 2.05) is 0 Å². The van der Waals surface area contributed by atoms with Crippen LogP contribution in [0.15, 0.2) is 0 Å². The highest BCUT2D eigenvalue weighted by atomic mass is 16.4. The summed E-state index contributed by atoms with van der Waals surface area (Å²) in [7, 11) is 1.71. The Balaban J connectivity index is 3.93. The van der Waals surface area contributed by atoms with Crippen LogP contribution in [0.5, 0.6) is 0 Å². The smallest absolute Gasteiger partial charge is 0.323 e. The molecule has 1 atom stereocenters. The summed E-state index contributed by atoms with van der Waals surface area (Å²) in [6.45, 7) is 11.6. The minimum Gasteiger partial charge on any atom is -0.480 e. The molecule has 0 spiro atoms. The maximum Gasteiger partial charge on any atom is 0.323 e. The molecule has 0 aliphatic rings. The van der Waals surface area contributed by atoms with Crippen LogP contribution >= 0.6 is 0 Å². The number of unbranched alkanes of at least 4 members (excludes halogenated alkanes) is 1. The highest BCUT2D eigenvalue weighted by molar-refractivity contribution is 5.78. The normalized spacial score (nSPS) is 15.1. The van der Waals surface area contributed by atoms with Crippen LogP contribution in [-0.2, 0) is 4.79 Å². The maximum absolute atomic E-state index is 11.1. The van der Waals surface area contributed by atoms with Gasteiger partial charge in [0.15, 0.2) is 0 Å². The van der Waals surface area contributed by atoms with Gasteiger partial charge in [-0.3, -0.25) is 4.79 Å². The molecule has 0 aromatic carbocycles. The number of carbonyl (C=O) groups is 1. The number of nitrogens with one attached hydrogen (secondary N) is 1. The third-order valence-electron chi connectivity index (χ3n) is 3.50. The average Bonchev–Trinajstić information content (AvgIpc) is 2.31. The van der Waals surface area contributed by atoms with E-state index >= 15 is 0 Å². The number of rotatable bonds is 10. The van der Waals surface area contributed by atoms with E-state index in [0.29, 0.717) is 12.3 Å². The lowest BCUT2D eigenvalue weighted by Gasteiger charge is -2.26. The average molecular weight is 258 g/mol. The molecule has 0 aromatic rings. The summed E-state index contributed by atoms with van der Waals surface area (Å²) in [5.41, 5.74) is -0.783. The lowest BCUT2D eigenvalue weighted by atomic mass is 9.95. The van der Waals surface area contributed by atoms with Gasteiger partial charge in [-0.25, -0.2) is 0 Å². The van der Waals surface area contributed by atoms with Gasteiger partial charge in [-0.15, -0.1) is 0 Å². The van der Waals surface area contributed by atoms with Crippen molar-refractivity contribution in [2.45, 2.75) is 52.5 Å². The highest BCUT2D eigenvalue weighted by Crippen LogP contribution is 2.14. The highest BCUT2D eigenvalue weighted by Gasteiger charge is 2.30. The van der Waals surface area contributed by atoms with Gasteiger partial charge in [0.2, 0.25) is 0 Å². The van der Waals surface area contributed by atoms with Crippen molar-refractivity contribution in [2.75, 3.05) is 26.7 Å². The van der Waals surface area contributed by atoms with Crippen LogP contribution in [-0.4, -0.2) is 48.2 Å². The summed E-state index contributed by atoms with van der Waals surface area (Å²) >= 11 is 0. The van der Waals surface area contributed by atoms with Crippen molar-refractivity contribution in [3.8, 4) is 0 Å². The van der Waals surface area contributed by atoms with Crippen molar-refractivity contribution >= 4 is 5.97 Å². The van der Waals surface area contributed by atoms with Gasteiger partial charge >= 0.3 is 5.97 Å². The molecule has 0 aliphatic carbocycles. The van der Waals surface area contributed by atoms with Crippen molar-refractivity contribution in [1.82, 2.24) is 10.2 Å². The second kappa shape index (κ2) is 8.48. The van der Waals surface area contributed by atoms with Gasteiger partial charge in [-0.1, -0.05) is 20.8 Å². The first kappa shape index (κ1) is 17.4. The lowest BCUT2D eigenvalue weighted by molar-refractivity contribution is -0.144. The summed E-state index contributed by atoms with van der Waals surface area (Å²) in [6, 6.07) is 0. The Kier molecular flexibility index (Phi) is 8.20. The van der Waals surface area contributed by atoms with Crippen LogP contribution in [0.25, 0.3) is 0 Å².